The predicted molar refractivity (Wildman–Crippen MR) is 71.8 cm³/mol. The van der Waals surface area contributed by atoms with Crippen LogP contribution in [0.15, 0.2) is 0 Å². The summed E-state index contributed by atoms with van der Waals surface area (Å²) in [5.41, 5.74) is -0.558. The van der Waals surface area contributed by atoms with Crippen LogP contribution in [0.4, 0.5) is 4.79 Å². The van der Waals surface area contributed by atoms with Crippen molar-refractivity contribution in [2.24, 2.45) is 0 Å². The van der Waals surface area contributed by atoms with Crippen molar-refractivity contribution in [3.8, 4) is 0 Å². The topological polar surface area (TPSA) is 55.8 Å². The lowest BCUT2D eigenvalue weighted by Crippen LogP contribution is -2.47. The Morgan fingerprint density at radius 2 is 1.89 bits per heavy atom. The van der Waals surface area contributed by atoms with Crippen molar-refractivity contribution in [3.63, 3.8) is 0 Å². The third kappa shape index (κ3) is 4.11. The van der Waals surface area contributed by atoms with E-state index in [4.69, 9.17) is 9.47 Å². The number of likely N-dealkylation sites (tertiary alicyclic amines) is 1. The highest BCUT2D eigenvalue weighted by molar-refractivity contribution is 5.82. The van der Waals surface area contributed by atoms with Crippen molar-refractivity contribution >= 4 is 12.1 Å². The van der Waals surface area contributed by atoms with Gasteiger partial charge >= 0.3 is 12.1 Å². The van der Waals surface area contributed by atoms with Gasteiger partial charge in [0.2, 0.25) is 0 Å². The van der Waals surface area contributed by atoms with Crippen molar-refractivity contribution in [1.82, 2.24) is 4.90 Å². The highest BCUT2D eigenvalue weighted by atomic mass is 16.6. The second kappa shape index (κ2) is 6.26. The molecule has 1 aliphatic rings. The second-order valence-electron chi connectivity index (χ2n) is 5.95. The fraction of sp³-hybridized carbons (Fsp3) is 0.857. The van der Waals surface area contributed by atoms with E-state index in [1.807, 2.05) is 20.8 Å². The van der Waals surface area contributed by atoms with Gasteiger partial charge in [-0.25, -0.2) is 9.59 Å². The summed E-state index contributed by atoms with van der Waals surface area (Å²) in [6.07, 6.45) is 2.91. The molecule has 0 aliphatic carbocycles. The van der Waals surface area contributed by atoms with E-state index in [9.17, 15) is 9.59 Å². The summed E-state index contributed by atoms with van der Waals surface area (Å²) in [7, 11) is 1.35. The van der Waals surface area contributed by atoms with Crippen LogP contribution in [0.1, 0.15) is 53.4 Å². The fourth-order valence-electron chi connectivity index (χ4n) is 2.46. The minimum atomic E-state index is -0.558. The standard InChI is InChI=1S/C14H25NO4/c1-6-7-10-8-9-11(12(16)18-5)15(10)13(17)19-14(2,3)4/h10-11H,6-9H2,1-5H3/t10-,11-/m1/s1. The summed E-state index contributed by atoms with van der Waals surface area (Å²) < 4.78 is 10.2. The zero-order valence-electron chi connectivity index (χ0n) is 12.6. The third-order valence-electron chi connectivity index (χ3n) is 3.20. The van der Waals surface area contributed by atoms with Crippen LogP contribution in [0.2, 0.25) is 0 Å². The summed E-state index contributed by atoms with van der Waals surface area (Å²) >= 11 is 0. The van der Waals surface area contributed by atoms with Gasteiger partial charge in [-0.05, 0) is 40.0 Å². The lowest BCUT2D eigenvalue weighted by molar-refractivity contribution is -0.146. The molecular weight excluding hydrogens is 246 g/mol. The molecule has 19 heavy (non-hydrogen) atoms. The smallest absolute Gasteiger partial charge is 0.411 e. The third-order valence-corrected chi connectivity index (χ3v) is 3.20. The largest absolute Gasteiger partial charge is 0.467 e. The molecule has 5 nitrogen and oxygen atoms in total. The lowest BCUT2D eigenvalue weighted by Gasteiger charge is -2.31. The van der Waals surface area contributed by atoms with Crippen LogP contribution in [0.25, 0.3) is 0 Å². The molecule has 1 heterocycles. The number of carbonyl (C=O) groups excluding carboxylic acids is 2. The monoisotopic (exact) mass is 271 g/mol. The summed E-state index contributed by atoms with van der Waals surface area (Å²) in [5.74, 6) is -0.357. The summed E-state index contributed by atoms with van der Waals surface area (Å²) in [6, 6.07) is -0.430. The van der Waals surface area contributed by atoms with Gasteiger partial charge in [-0.2, -0.15) is 0 Å². The van der Waals surface area contributed by atoms with Crippen molar-refractivity contribution in [3.05, 3.63) is 0 Å². The van der Waals surface area contributed by atoms with Gasteiger partial charge in [0.1, 0.15) is 11.6 Å². The molecule has 110 valence electrons. The Hall–Kier alpha value is -1.26. The van der Waals surface area contributed by atoms with Gasteiger partial charge in [-0.1, -0.05) is 13.3 Å². The number of hydrogen-bond acceptors (Lipinski definition) is 4. The summed E-state index contributed by atoms with van der Waals surface area (Å²) in [5, 5.41) is 0. The molecule has 0 aromatic heterocycles. The Labute approximate surface area is 115 Å². The zero-order chi connectivity index (χ0) is 14.6. The lowest BCUT2D eigenvalue weighted by atomic mass is 10.1. The van der Waals surface area contributed by atoms with Crippen LogP contribution in [-0.4, -0.2) is 41.8 Å². The maximum atomic E-state index is 12.3. The van der Waals surface area contributed by atoms with E-state index in [1.54, 1.807) is 4.90 Å². The highest BCUT2D eigenvalue weighted by Crippen LogP contribution is 2.29. The number of amides is 1. The maximum Gasteiger partial charge on any atom is 0.411 e. The van der Waals surface area contributed by atoms with E-state index in [-0.39, 0.29) is 12.0 Å². The average Bonchev–Trinajstić information content (AvgIpc) is 2.70. The van der Waals surface area contributed by atoms with E-state index in [0.29, 0.717) is 6.42 Å². The van der Waals surface area contributed by atoms with Gasteiger partial charge in [0.15, 0.2) is 0 Å². The van der Waals surface area contributed by atoms with Gasteiger partial charge in [0.25, 0.3) is 0 Å². The molecule has 0 aromatic carbocycles. The average molecular weight is 271 g/mol. The highest BCUT2D eigenvalue weighted by Gasteiger charge is 2.42. The molecule has 0 spiro atoms. The van der Waals surface area contributed by atoms with Crippen molar-refractivity contribution in [2.75, 3.05) is 7.11 Å². The molecule has 1 fully saturated rings. The van der Waals surface area contributed by atoms with Crippen LogP contribution >= 0.6 is 0 Å². The van der Waals surface area contributed by atoms with Crippen LogP contribution in [0, 0.1) is 0 Å². The molecule has 1 saturated heterocycles. The minimum Gasteiger partial charge on any atom is -0.467 e. The van der Waals surface area contributed by atoms with E-state index >= 15 is 0 Å². The molecule has 1 rings (SSSR count). The van der Waals surface area contributed by atoms with Crippen molar-refractivity contribution in [1.29, 1.82) is 0 Å². The first-order valence-electron chi connectivity index (χ1n) is 6.89. The first kappa shape index (κ1) is 15.8. The number of ether oxygens (including phenoxy) is 2. The van der Waals surface area contributed by atoms with Crippen LogP contribution in [0.5, 0.6) is 0 Å². The Bertz CT molecular complexity index is 335. The van der Waals surface area contributed by atoms with Gasteiger partial charge in [-0.15, -0.1) is 0 Å². The zero-order valence-corrected chi connectivity index (χ0v) is 12.6. The maximum absolute atomic E-state index is 12.3. The number of nitrogens with zero attached hydrogens (tertiary/aromatic N) is 1. The molecule has 0 bridgehead atoms. The number of hydrogen-bond donors (Lipinski definition) is 0. The van der Waals surface area contributed by atoms with E-state index in [2.05, 4.69) is 6.92 Å². The fourth-order valence-corrected chi connectivity index (χ4v) is 2.46. The van der Waals surface area contributed by atoms with Crippen LogP contribution in [-0.2, 0) is 14.3 Å². The Balaban J connectivity index is 2.85. The van der Waals surface area contributed by atoms with Crippen molar-refractivity contribution < 1.29 is 19.1 Å². The molecule has 2 atom stereocenters. The number of rotatable bonds is 3. The number of esters is 1. The van der Waals surface area contributed by atoms with Gasteiger partial charge in [0, 0.05) is 6.04 Å². The SMILES string of the molecule is CCC[C@@H]1CC[C@H](C(=O)OC)N1C(=O)OC(C)(C)C. The Morgan fingerprint density at radius 3 is 2.37 bits per heavy atom. The van der Waals surface area contributed by atoms with E-state index in [1.165, 1.54) is 7.11 Å². The first-order valence-corrected chi connectivity index (χ1v) is 6.89. The van der Waals surface area contributed by atoms with Gasteiger partial charge in [0.05, 0.1) is 7.11 Å². The molecule has 0 radical (unpaired) electrons. The summed E-state index contributed by atoms with van der Waals surface area (Å²) in [4.78, 5) is 25.6. The Morgan fingerprint density at radius 1 is 1.26 bits per heavy atom. The normalized spacial score (nSPS) is 23.3. The molecule has 1 aliphatic heterocycles. The quantitative estimate of drug-likeness (QED) is 0.741. The van der Waals surface area contributed by atoms with E-state index in [0.717, 1.165) is 19.3 Å². The second-order valence-corrected chi connectivity index (χ2v) is 5.95. The van der Waals surface area contributed by atoms with E-state index < -0.39 is 17.7 Å². The number of methoxy groups -OCH3 is 1. The van der Waals surface area contributed by atoms with Gasteiger partial charge in [-0.3, -0.25) is 4.90 Å². The predicted octanol–water partition coefficient (Wildman–Crippen LogP) is 2.73. The van der Waals surface area contributed by atoms with Crippen LogP contribution < -0.4 is 0 Å². The van der Waals surface area contributed by atoms with Crippen LogP contribution in [0.3, 0.4) is 0 Å². The van der Waals surface area contributed by atoms with Gasteiger partial charge < -0.3 is 9.47 Å². The molecule has 0 saturated carbocycles. The molecular formula is C14H25NO4. The number of carbonyl (C=O) groups is 2. The molecule has 0 unspecified atom stereocenters. The first-order chi connectivity index (χ1) is 8.80. The summed E-state index contributed by atoms with van der Waals surface area (Å²) in [6.45, 7) is 7.54. The molecule has 0 N–H and O–H groups in total. The minimum absolute atomic E-state index is 0.0731. The van der Waals surface area contributed by atoms with Crippen molar-refractivity contribution in [2.45, 2.75) is 71.1 Å². The Kier molecular flexibility index (Phi) is 5.20. The molecule has 5 heteroatoms. The molecule has 1 amide bonds. The molecule has 0 aromatic rings.